The van der Waals surface area contributed by atoms with Gasteiger partial charge in [0, 0.05) is 31.0 Å². The lowest BCUT2D eigenvalue weighted by Crippen LogP contribution is -2.38. The number of carbonyl (C=O) groups excluding carboxylic acids is 1. The highest BCUT2D eigenvalue weighted by Crippen LogP contribution is 2.29. The Balaban J connectivity index is 1.61. The zero-order valence-electron chi connectivity index (χ0n) is 15.1. The van der Waals surface area contributed by atoms with Crippen molar-refractivity contribution in [2.24, 2.45) is 5.92 Å². The minimum atomic E-state index is 0.225. The van der Waals surface area contributed by atoms with Gasteiger partial charge in [0.05, 0.1) is 7.11 Å². The Morgan fingerprint density at radius 3 is 2.56 bits per heavy atom. The zero-order chi connectivity index (χ0) is 17.8. The SMILES string of the molecule is COc1ccc(-c2noc(C3CCN(C(=O)CC(C)C)CC3)n2)cc1. The number of aromatic nitrogens is 2. The maximum atomic E-state index is 12.2. The van der Waals surface area contributed by atoms with Gasteiger partial charge in [-0.25, -0.2) is 0 Å². The Labute approximate surface area is 148 Å². The molecule has 1 amide bonds. The van der Waals surface area contributed by atoms with E-state index in [1.165, 1.54) is 0 Å². The Kier molecular flexibility index (Phi) is 5.36. The first-order chi connectivity index (χ1) is 12.1. The van der Waals surface area contributed by atoms with E-state index in [0.717, 1.165) is 37.2 Å². The summed E-state index contributed by atoms with van der Waals surface area (Å²) in [6.45, 7) is 5.67. The molecular weight excluding hydrogens is 318 g/mol. The molecule has 1 aromatic carbocycles. The van der Waals surface area contributed by atoms with Crippen molar-refractivity contribution in [2.75, 3.05) is 20.2 Å². The molecular formula is C19H25N3O3. The molecule has 2 aromatic rings. The standard InChI is InChI=1S/C19H25N3O3/c1-13(2)12-17(23)22-10-8-15(9-11-22)19-20-18(21-25-19)14-4-6-16(24-3)7-5-14/h4-7,13,15H,8-12H2,1-3H3. The molecule has 0 saturated carbocycles. The van der Waals surface area contributed by atoms with Crippen LogP contribution in [-0.2, 0) is 4.79 Å². The maximum absolute atomic E-state index is 12.2. The quantitative estimate of drug-likeness (QED) is 0.831. The third-order valence-corrected chi connectivity index (χ3v) is 4.57. The van der Waals surface area contributed by atoms with Crippen molar-refractivity contribution in [3.63, 3.8) is 0 Å². The highest BCUT2D eigenvalue weighted by atomic mass is 16.5. The van der Waals surface area contributed by atoms with Crippen molar-refractivity contribution in [3.05, 3.63) is 30.2 Å². The number of hydrogen-bond donors (Lipinski definition) is 0. The summed E-state index contributed by atoms with van der Waals surface area (Å²) in [5.74, 6) is 2.93. The van der Waals surface area contributed by atoms with E-state index < -0.39 is 0 Å². The Bertz CT molecular complexity index is 701. The van der Waals surface area contributed by atoms with E-state index in [0.29, 0.717) is 24.1 Å². The van der Waals surface area contributed by atoms with Crippen LogP contribution >= 0.6 is 0 Å². The molecule has 3 rings (SSSR count). The number of piperidine rings is 1. The van der Waals surface area contributed by atoms with Crippen LogP contribution in [-0.4, -0.2) is 41.1 Å². The van der Waals surface area contributed by atoms with E-state index in [-0.39, 0.29) is 11.8 Å². The zero-order valence-corrected chi connectivity index (χ0v) is 15.1. The van der Waals surface area contributed by atoms with Crippen molar-refractivity contribution in [3.8, 4) is 17.1 Å². The topological polar surface area (TPSA) is 68.5 Å². The summed E-state index contributed by atoms with van der Waals surface area (Å²) in [5.41, 5.74) is 0.903. The molecule has 134 valence electrons. The largest absolute Gasteiger partial charge is 0.497 e. The molecule has 1 aromatic heterocycles. The summed E-state index contributed by atoms with van der Waals surface area (Å²) in [7, 11) is 1.64. The number of benzene rings is 1. The molecule has 1 aliphatic rings. The molecule has 6 heteroatoms. The lowest BCUT2D eigenvalue weighted by atomic mass is 9.96. The minimum absolute atomic E-state index is 0.225. The highest BCUT2D eigenvalue weighted by Gasteiger charge is 2.27. The fourth-order valence-electron chi connectivity index (χ4n) is 3.11. The van der Waals surface area contributed by atoms with Crippen molar-refractivity contribution in [1.29, 1.82) is 0 Å². The number of carbonyl (C=O) groups is 1. The molecule has 6 nitrogen and oxygen atoms in total. The third kappa shape index (κ3) is 4.18. The lowest BCUT2D eigenvalue weighted by molar-refractivity contribution is -0.133. The van der Waals surface area contributed by atoms with Gasteiger partial charge in [-0.15, -0.1) is 0 Å². The van der Waals surface area contributed by atoms with Crippen molar-refractivity contribution in [1.82, 2.24) is 15.0 Å². The summed E-state index contributed by atoms with van der Waals surface area (Å²) in [4.78, 5) is 18.7. The van der Waals surface area contributed by atoms with Crippen molar-refractivity contribution < 1.29 is 14.1 Å². The van der Waals surface area contributed by atoms with Crippen LogP contribution in [0.5, 0.6) is 5.75 Å². The summed E-state index contributed by atoms with van der Waals surface area (Å²) in [6.07, 6.45) is 2.36. The third-order valence-electron chi connectivity index (χ3n) is 4.57. The lowest BCUT2D eigenvalue weighted by Gasteiger charge is -2.30. The van der Waals surface area contributed by atoms with Gasteiger partial charge in [-0.3, -0.25) is 4.79 Å². The first kappa shape index (κ1) is 17.5. The second-order valence-electron chi connectivity index (χ2n) is 6.94. The van der Waals surface area contributed by atoms with Gasteiger partial charge >= 0.3 is 0 Å². The Morgan fingerprint density at radius 2 is 1.96 bits per heavy atom. The van der Waals surface area contributed by atoms with Crippen LogP contribution in [0.4, 0.5) is 0 Å². The monoisotopic (exact) mass is 343 g/mol. The van der Waals surface area contributed by atoms with Gasteiger partial charge in [0.15, 0.2) is 0 Å². The molecule has 0 N–H and O–H groups in total. The molecule has 0 spiro atoms. The fourth-order valence-corrected chi connectivity index (χ4v) is 3.11. The number of hydrogen-bond acceptors (Lipinski definition) is 5. The molecule has 2 heterocycles. The van der Waals surface area contributed by atoms with Crippen molar-refractivity contribution >= 4 is 5.91 Å². The van der Waals surface area contributed by atoms with Crippen LogP contribution in [0.3, 0.4) is 0 Å². The molecule has 1 saturated heterocycles. The first-order valence-electron chi connectivity index (χ1n) is 8.82. The van der Waals surface area contributed by atoms with E-state index >= 15 is 0 Å². The van der Waals surface area contributed by atoms with E-state index in [9.17, 15) is 4.79 Å². The van der Waals surface area contributed by atoms with Gasteiger partial charge in [-0.05, 0) is 43.0 Å². The molecule has 0 atom stereocenters. The van der Waals surface area contributed by atoms with Crippen molar-refractivity contribution in [2.45, 2.75) is 39.0 Å². The summed E-state index contributed by atoms with van der Waals surface area (Å²) in [6, 6.07) is 7.59. The number of amides is 1. The molecule has 1 aliphatic heterocycles. The molecule has 0 unspecified atom stereocenters. The normalized spacial score (nSPS) is 15.6. The Hall–Kier alpha value is -2.37. The van der Waals surface area contributed by atoms with E-state index in [2.05, 4.69) is 24.0 Å². The molecule has 0 bridgehead atoms. The average Bonchev–Trinajstić information content (AvgIpc) is 3.11. The number of likely N-dealkylation sites (tertiary alicyclic amines) is 1. The molecule has 25 heavy (non-hydrogen) atoms. The van der Waals surface area contributed by atoms with Gasteiger partial charge < -0.3 is 14.2 Å². The van der Waals surface area contributed by atoms with E-state index in [1.54, 1.807) is 7.11 Å². The van der Waals surface area contributed by atoms with E-state index in [1.807, 2.05) is 29.2 Å². The smallest absolute Gasteiger partial charge is 0.230 e. The van der Waals surface area contributed by atoms with Gasteiger partial charge in [-0.1, -0.05) is 19.0 Å². The Morgan fingerprint density at radius 1 is 1.28 bits per heavy atom. The van der Waals surface area contributed by atoms with Gasteiger partial charge in [0.25, 0.3) is 0 Å². The maximum Gasteiger partial charge on any atom is 0.230 e. The molecule has 0 aliphatic carbocycles. The number of nitrogens with zero attached hydrogens (tertiary/aromatic N) is 3. The van der Waals surface area contributed by atoms with Gasteiger partial charge in [0.1, 0.15) is 5.75 Å². The van der Waals surface area contributed by atoms with Gasteiger partial charge in [-0.2, -0.15) is 4.98 Å². The van der Waals surface area contributed by atoms with Crippen LogP contribution < -0.4 is 4.74 Å². The average molecular weight is 343 g/mol. The molecule has 1 fully saturated rings. The predicted molar refractivity (Wildman–Crippen MR) is 94.3 cm³/mol. The summed E-state index contributed by atoms with van der Waals surface area (Å²) >= 11 is 0. The minimum Gasteiger partial charge on any atom is -0.497 e. The fraction of sp³-hybridized carbons (Fsp3) is 0.526. The molecule has 0 radical (unpaired) electrons. The second-order valence-corrected chi connectivity index (χ2v) is 6.94. The van der Waals surface area contributed by atoms with Crippen LogP contribution in [0.2, 0.25) is 0 Å². The highest BCUT2D eigenvalue weighted by molar-refractivity contribution is 5.76. The number of rotatable bonds is 5. The predicted octanol–water partition coefficient (Wildman–Crippen LogP) is 3.50. The first-order valence-corrected chi connectivity index (χ1v) is 8.82. The van der Waals surface area contributed by atoms with Crippen LogP contribution in [0.25, 0.3) is 11.4 Å². The summed E-state index contributed by atoms with van der Waals surface area (Å²) < 4.78 is 10.6. The number of methoxy groups -OCH3 is 1. The van der Waals surface area contributed by atoms with E-state index in [4.69, 9.17) is 9.26 Å². The van der Waals surface area contributed by atoms with Crippen LogP contribution in [0.15, 0.2) is 28.8 Å². The van der Waals surface area contributed by atoms with Crippen LogP contribution in [0.1, 0.15) is 44.9 Å². The van der Waals surface area contributed by atoms with Crippen LogP contribution in [0, 0.1) is 5.92 Å². The number of ether oxygens (including phenoxy) is 1. The second kappa shape index (κ2) is 7.68. The van der Waals surface area contributed by atoms with Gasteiger partial charge in [0.2, 0.25) is 17.6 Å². The summed E-state index contributed by atoms with van der Waals surface area (Å²) in [5, 5.41) is 4.10.